The van der Waals surface area contributed by atoms with Crippen LogP contribution in [0.25, 0.3) is 0 Å². The molecule has 0 saturated heterocycles. The van der Waals surface area contributed by atoms with E-state index in [-0.39, 0.29) is 11.8 Å². The van der Waals surface area contributed by atoms with Gasteiger partial charge in [0.15, 0.2) is 0 Å². The molecule has 1 heterocycles. The number of carbonyl (C=O) groups is 1. The molecule has 1 aromatic heterocycles. The van der Waals surface area contributed by atoms with E-state index in [0.717, 1.165) is 10.6 Å². The lowest BCUT2D eigenvalue weighted by atomic mass is 9.93. The van der Waals surface area contributed by atoms with Gasteiger partial charge in [-0.25, -0.2) is 4.98 Å². The Morgan fingerprint density at radius 2 is 2.04 bits per heavy atom. The molecule has 5 heteroatoms. The molecule has 23 heavy (non-hydrogen) atoms. The zero-order valence-corrected chi connectivity index (χ0v) is 14.2. The number of hydrogen-bond donors (Lipinski definition) is 2. The van der Waals surface area contributed by atoms with Crippen LogP contribution in [-0.2, 0) is 0 Å². The van der Waals surface area contributed by atoms with Crippen LogP contribution in [0.5, 0.6) is 0 Å². The molecule has 2 aromatic rings. The van der Waals surface area contributed by atoms with E-state index in [1.807, 2.05) is 36.6 Å². The van der Waals surface area contributed by atoms with Gasteiger partial charge in [0.25, 0.3) is 5.91 Å². The molecule has 0 bridgehead atoms. The fourth-order valence-electron chi connectivity index (χ4n) is 2.45. The number of amides is 1. The maximum absolute atomic E-state index is 12.3. The van der Waals surface area contributed by atoms with Crippen LogP contribution in [0.3, 0.4) is 0 Å². The molecule has 0 saturated carbocycles. The first-order chi connectivity index (χ1) is 11.1. The Balaban J connectivity index is 2.04. The third kappa shape index (κ3) is 5.37. The number of thioether (sulfide) groups is 1. The molecule has 1 aromatic carbocycles. The van der Waals surface area contributed by atoms with E-state index < -0.39 is 6.10 Å². The molecule has 2 rings (SSSR count). The first-order valence-corrected chi connectivity index (χ1v) is 8.84. The summed E-state index contributed by atoms with van der Waals surface area (Å²) in [5, 5.41) is 13.5. The highest BCUT2D eigenvalue weighted by atomic mass is 32.2. The smallest absolute Gasteiger partial charge is 0.251 e. The van der Waals surface area contributed by atoms with Crippen LogP contribution >= 0.6 is 11.8 Å². The van der Waals surface area contributed by atoms with Crippen molar-refractivity contribution < 1.29 is 9.90 Å². The van der Waals surface area contributed by atoms with Gasteiger partial charge in [-0.1, -0.05) is 30.3 Å². The van der Waals surface area contributed by atoms with Gasteiger partial charge < -0.3 is 10.4 Å². The summed E-state index contributed by atoms with van der Waals surface area (Å²) in [4.78, 5) is 16.5. The third-order valence-electron chi connectivity index (χ3n) is 3.61. The minimum atomic E-state index is -0.416. The quantitative estimate of drug-likeness (QED) is 0.766. The highest BCUT2D eigenvalue weighted by molar-refractivity contribution is 7.98. The maximum Gasteiger partial charge on any atom is 0.251 e. The average molecular weight is 330 g/mol. The zero-order chi connectivity index (χ0) is 16.7. The van der Waals surface area contributed by atoms with Gasteiger partial charge in [0.05, 0.1) is 11.1 Å². The molecule has 2 atom stereocenters. The monoisotopic (exact) mass is 330 g/mol. The van der Waals surface area contributed by atoms with E-state index in [0.29, 0.717) is 18.5 Å². The van der Waals surface area contributed by atoms with E-state index >= 15 is 0 Å². The second-order valence-corrected chi connectivity index (χ2v) is 6.32. The standard InChI is InChI=1S/C18H22N2O2S/c1-13(21)10-16(14-6-4-3-5-7-14)12-20-18(22)15-8-9-19-17(11-15)23-2/h3-9,11,13,16,21H,10,12H2,1-2H3,(H,20,22)/t13-,16+/m1/s1. The number of carbonyl (C=O) groups excluding carboxylic acids is 1. The normalized spacial score (nSPS) is 13.3. The van der Waals surface area contributed by atoms with Crippen LogP contribution < -0.4 is 5.32 Å². The van der Waals surface area contributed by atoms with E-state index in [1.165, 1.54) is 11.8 Å². The molecule has 2 N–H and O–H groups in total. The summed E-state index contributed by atoms with van der Waals surface area (Å²) in [6, 6.07) is 13.4. The summed E-state index contributed by atoms with van der Waals surface area (Å²) in [6.07, 6.45) is 3.76. The van der Waals surface area contributed by atoms with Crippen molar-refractivity contribution in [3.63, 3.8) is 0 Å². The molecule has 0 radical (unpaired) electrons. The van der Waals surface area contributed by atoms with Gasteiger partial charge in [0.1, 0.15) is 0 Å². The molecule has 1 amide bonds. The lowest BCUT2D eigenvalue weighted by molar-refractivity contribution is 0.0945. The van der Waals surface area contributed by atoms with Crippen LogP contribution in [0.2, 0.25) is 0 Å². The molecular formula is C18H22N2O2S. The summed E-state index contributed by atoms with van der Waals surface area (Å²) in [7, 11) is 0. The number of hydrogen-bond acceptors (Lipinski definition) is 4. The summed E-state index contributed by atoms with van der Waals surface area (Å²) in [5.74, 6) is -0.0313. The highest BCUT2D eigenvalue weighted by Gasteiger charge is 2.16. The van der Waals surface area contributed by atoms with Crippen LogP contribution in [-0.4, -0.2) is 34.9 Å². The molecule has 0 fully saturated rings. The van der Waals surface area contributed by atoms with Crippen LogP contribution in [0.4, 0.5) is 0 Å². The summed E-state index contributed by atoms with van der Waals surface area (Å²) < 4.78 is 0. The maximum atomic E-state index is 12.3. The fourth-order valence-corrected chi connectivity index (χ4v) is 2.87. The summed E-state index contributed by atoms with van der Waals surface area (Å²) in [6.45, 7) is 2.26. The predicted octanol–water partition coefficient (Wildman–Crippen LogP) is 3.09. The first-order valence-electron chi connectivity index (χ1n) is 7.61. The second kappa shape index (κ2) is 8.70. The molecule has 0 aliphatic carbocycles. The highest BCUT2D eigenvalue weighted by Crippen LogP contribution is 2.21. The van der Waals surface area contributed by atoms with Gasteiger partial charge in [-0.3, -0.25) is 4.79 Å². The molecule has 4 nitrogen and oxygen atoms in total. The second-order valence-electron chi connectivity index (χ2n) is 5.49. The van der Waals surface area contributed by atoms with Crippen molar-refractivity contribution in [2.45, 2.75) is 30.4 Å². The van der Waals surface area contributed by atoms with Crippen molar-refractivity contribution in [1.82, 2.24) is 10.3 Å². The molecule has 0 aliphatic rings. The Hall–Kier alpha value is -1.85. The molecular weight excluding hydrogens is 308 g/mol. The molecule has 0 unspecified atom stereocenters. The Morgan fingerprint density at radius 1 is 1.30 bits per heavy atom. The summed E-state index contributed by atoms with van der Waals surface area (Å²) in [5.41, 5.74) is 1.72. The van der Waals surface area contributed by atoms with Gasteiger partial charge >= 0.3 is 0 Å². The van der Waals surface area contributed by atoms with Crippen LogP contribution in [0, 0.1) is 0 Å². The number of aliphatic hydroxyl groups is 1. The third-order valence-corrected chi connectivity index (χ3v) is 4.25. The lowest BCUT2D eigenvalue weighted by Crippen LogP contribution is -2.29. The van der Waals surface area contributed by atoms with Gasteiger partial charge in [-0.05, 0) is 37.3 Å². The van der Waals surface area contributed by atoms with Crippen molar-refractivity contribution in [2.24, 2.45) is 0 Å². The topological polar surface area (TPSA) is 62.2 Å². The van der Waals surface area contributed by atoms with Crippen molar-refractivity contribution in [3.8, 4) is 0 Å². The van der Waals surface area contributed by atoms with Gasteiger partial charge in [-0.15, -0.1) is 11.8 Å². The Bertz CT molecular complexity index is 632. The number of aliphatic hydroxyl groups excluding tert-OH is 1. The SMILES string of the molecule is CSc1cc(C(=O)NC[C@H](C[C@@H](C)O)c2ccccc2)ccn1. The van der Waals surface area contributed by atoms with E-state index in [1.54, 1.807) is 25.3 Å². The van der Waals surface area contributed by atoms with Gasteiger partial charge in [-0.2, -0.15) is 0 Å². The molecule has 122 valence electrons. The zero-order valence-electron chi connectivity index (χ0n) is 13.4. The van der Waals surface area contributed by atoms with Gasteiger partial charge in [0, 0.05) is 24.2 Å². The number of aromatic nitrogens is 1. The van der Waals surface area contributed by atoms with Gasteiger partial charge in [0.2, 0.25) is 0 Å². The van der Waals surface area contributed by atoms with Crippen molar-refractivity contribution in [1.29, 1.82) is 0 Å². The van der Waals surface area contributed by atoms with Crippen molar-refractivity contribution >= 4 is 17.7 Å². The molecule has 0 aliphatic heterocycles. The predicted molar refractivity (Wildman–Crippen MR) is 93.8 cm³/mol. The average Bonchev–Trinajstić information content (AvgIpc) is 2.58. The minimum absolute atomic E-state index is 0.0852. The molecule has 0 spiro atoms. The van der Waals surface area contributed by atoms with E-state index in [2.05, 4.69) is 10.3 Å². The van der Waals surface area contributed by atoms with E-state index in [4.69, 9.17) is 0 Å². The van der Waals surface area contributed by atoms with Crippen molar-refractivity contribution in [3.05, 3.63) is 59.8 Å². The summed E-state index contributed by atoms with van der Waals surface area (Å²) >= 11 is 1.51. The number of benzene rings is 1. The first kappa shape index (κ1) is 17.5. The van der Waals surface area contributed by atoms with Crippen molar-refractivity contribution in [2.75, 3.05) is 12.8 Å². The minimum Gasteiger partial charge on any atom is -0.393 e. The number of nitrogens with zero attached hydrogens (tertiary/aromatic N) is 1. The van der Waals surface area contributed by atoms with Crippen LogP contribution in [0.15, 0.2) is 53.7 Å². The van der Waals surface area contributed by atoms with E-state index in [9.17, 15) is 9.90 Å². The lowest BCUT2D eigenvalue weighted by Gasteiger charge is -2.19. The fraction of sp³-hybridized carbons (Fsp3) is 0.333. The number of rotatable bonds is 7. The van der Waals surface area contributed by atoms with Crippen LogP contribution in [0.1, 0.15) is 35.2 Å². The number of pyridine rings is 1. The largest absolute Gasteiger partial charge is 0.393 e. The Kier molecular flexibility index (Phi) is 6.62. The Morgan fingerprint density at radius 3 is 2.70 bits per heavy atom. The Labute approximate surface area is 141 Å². The number of nitrogens with one attached hydrogen (secondary N) is 1.